The number of nitrogens with zero attached hydrogens (tertiary/aromatic N) is 1. The van der Waals surface area contributed by atoms with E-state index in [4.69, 9.17) is 14.8 Å². The van der Waals surface area contributed by atoms with Crippen LogP contribution >= 0.6 is 12.0 Å². The lowest BCUT2D eigenvalue weighted by Crippen LogP contribution is -2.46. The van der Waals surface area contributed by atoms with E-state index in [1.165, 1.54) is 6.07 Å². The number of benzene rings is 1. The first kappa shape index (κ1) is 21.4. The Morgan fingerprint density at radius 3 is 2.76 bits per heavy atom. The van der Waals surface area contributed by atoms with E-state index in [0.29, 0.717) is 24.3 Å². The fourth-order valence-corrected chi connectivity index (χ4v) is 4.21. The highest BCUT2D eigenvalue weighted by molar-refractivity contribution is 7.95. The van der Waals surface area contributed by atoms with Gasteiger partial charge in [-0.15, -0.1) is 4.33 Å². The molecule has 2 aromatic rings. The number of carboxylic acid groups (broad SMARTS) is 1. The highest BCUT2D eigenvalue weighted by Crippen LogP contribution is 2.42. The molecule has 0 saturated carbocycles. The Morgan fingerprint density at radius 2 is 2.07 bits per heavy atom. The number of carbonyl (C=O) groups is 1. The number of anilines is 1. The molecule has 2 N–H and O–H groups in total. The molecular weight excluding hydrogens is 398 g/mol. The zero-order chi connectivity index (χ0) is 21.2. The van der Waals surface area contributed by atoms with Gasteiger partial charge in [-0.3, -0.25) is 4.79 Å². The van der Waals surface area contributed by atoms with Crippen LogP contribution in [0.3, 0.4) is 0 Å². The quantitative estimate of drug-likeness (QED) is 0.215. The zero-order valence-corrected chi connectivity index (χ0v) is 17.2. The molecule has 0 unspecified atom stereocenters. The summed E-state index contributed by atoms with van der Waals surface area (Å²) in [6, 6.07) is 5.25. The minimum Gasteiger partial charge on any atom is -0.481 e. The maximum Gasteiger partial charge on any atom is 0.336 e. The SMILES string of the molecule is Cc1cc(=O)oc2cc3c(cc12)C(CSOOO)=CC(C)(C)N3CCCC(=O)O. The number of hydrogen-bond donors (Lipinski definition) is 2. The Morgan fingerprint density at radius 1 is 1.31 bits per heavy atom. The van der Waals surface area contributed by atoms with Crippen LogP contribution < -0.4 is 10.5 Å². The molecule has 0 atom stereocenters. The summed E-state index contributed by atoms with van der Waals surface area (Å²) in [6.45, 7) is 6.44. The molecule has 29 heavy (non-hydrogen) atoms. The molecule has 1 aromatic carbocycles. The third-order valence-electron chi connectivity index (χ3n) is 4.99. The van der Waals surface area contributed by atoms with Crippen molar-refractivity contribution in [1.82, 2.24) is 0 Å². The average Bonchev–Trinajstić information content (AvgIpc) is 2.62. The van der Waals surface area contributed by atoms with Crippen molar-refractivity contribution in [3.63, 3.8) is 0 Å². The first-order chi connectivity index (χ1) is 13.7. The van der Waals surface area contributed by atoms with E-state index >= 15 is 0 Å². The van der Waals surface area contributed by atoms with E-state index in [1.54, 1.807) is 0 Å². The molecule has 2 heterocycles. The number of carboxylic acids is 1. The fraction of sp³-hybridized carbons (Fsp3) is 0.400. The molecule has 0 aliphatic carbocycles. The second kappa shape index (κ2) is 8.58. The summed E-state index contributed by atoms with van der Waals surface area (Å²) in [5, 5.41) is 21.9. The predicted molar refractivity (Wildman–Crippen MR) is 111 cm³/mol. The molecule has 1 aliphatic rings. The molecule has 0 fully saturated rings. The first-order valence-electron chi connectivity index (χ1n) is 9.12. The summed E-state index contributed by atoms with van der Waals surface area (Å²) in [4.78, 5) is 24.9. The second-order valence-corrected chi connectivity index (χ2v) is 8.15. The van der Waals surface area contributed by atoms with Gasteiger partial charge in [0.2, 0.25) is 0 Å². The van der Waals surface area contributed by atoms with Gasteiger partial charge in [-0.1, -0.05) is 11.1 Å². The Kier molecular flexibility index (Phi) is 6.33. The molecule has 0 saturated heterocycles. The molecule has 0 bridgehead atoms. The maximum atomic E-state index is 11.9. The summed E-state index contributed by atoms with van der Waals surface area (Å²) >= 11 is 0.949. The fourth-order valence-electron chi connectivity index (χ4n) is 3.75. The van der Waals surface area contributed by atoms with Crippen LogP contribution in [0.15, 0.2) is 33.5 Å². The van der Waals surface area contributed by atoms with E-state index in [2.05, 4.69) is 20.3 Å². The monoisotopic (exact) mass is 421 g/mol. The Bertz CT molecular complexity index is 1010. The predicted octanol–water partition coefficient (Wildman–Crippen LogP) is 4.02. The lowest BCUT2D eigenvalue weighted by Gasteiger charge is -2.43. The zero-order valence-electron chi connectivity index (χ0n) is 16.4. The van der Waals surface area contributed by atoms with Crippen LogP contribution in [-0.2, 0) is 14.2 Å². The number of rotatable bonds is 8. The van der Waals surface area contributed by atoms with Crippen LogP contribution in [0.1, 0.15) is 37.8 Å². The molecule has 9 heteroatoms. The van der Waals surface area contributed by atoms with Crippen molar-refractivity contribution >= 4 is 40.2 Å². The van der Waals surface area contributed by atoms with Gasteiger partial charge in [-0.2, -0.15) is 0 Å². The first-order valence-corrected chi connectivity index (χ1v) is 10.0. The minimum atomic E-state index is -0.839. The molecular formula is C20H23NO7S. The van der Waals surface area contributed by atoms with Crippen molar-refractivity contribution in [2.45, 2.75) is 39.2 Å². The van der Waals surface area contributed by atoms with Crippen molar-refractivity contribution in [2.75, 3.05) is 17.2 Å². The van der Waals surface area contributed by atoms with Crippen LogP contribution in [0, 0.1) is 6.92 Å². The van der Waals surface area contributed by atoms with Crippen molar-refractivity contribution in [3.8, 4) is 0 Å². The molecule has 1 aromatic heterocycles. The van der Waals surface area contributed by atoms with Crippen molar-refractivity contribution in [1.29, 1.82) is 0 Å². The van der Waals surface area contributed by atoms with Crippen LogP contribution in [0.25, 0.3) is 16.5 Å². The number of aliphatic carboxylic acids is 1. The summed E-state index contributed by atoms with van der Waals surface area (Å²) in [6.07, 6.45) is 2.63. The molecule has 1 aliphatic heterocycles. The summed E-state index contributed by atoms with van der Waals surface area (Å²) in [5.41, 5.74) is 3.21. The van der Waals surface area contributed by atoms with Crippen molar-refractivity contribution < 1.29 is 28.9 Å². The van der Waals surface area contributed by atoms with Crippen LogP contribution in [0.4, 0.5) is 5.69 Å². The Balaban J connectivity index is 2.11. The smallest absolute Gasteiger partial charge is 0.336 e. The lowest BCUT2D eigenvalue weighted by atomic mass is 9.87. The Hall–Kier alpha value is -2.33. The van der Waals surface area contributed by atoms with Crippen LogP contribution in [0.2, 0.25) is 0 Å². The van der Waals surface area contributed by atoms with E-state index < -0.39 is 17.1 Å². The standard InChI is InChI=1S/C20H23NO7S/c1-12-7-19(24)26-17-9-16-15(8-14(12)17)13(11-29-28-27-25)10-20(2,3)21(16)6-4-5-18(22)23/h7-10,25H,4-6,11H2,1-3H3,(H,22,23). The van der Waals surface area contributed by atoms with E-state index in [9.17, 15) is 9.59 Å². The number of hydrogen-bond acceptors (Lipinski definition) is 8. The van der Waals surface area contributed by atoms with Gasteiger partial charge in [0, 0.05) is 59.5 Å². The second-order valence-electron chi connectivity index (χ2n) is 7.49. The number of aryl methyl sites for hydroxylation is 1. The molecule has 0 amide bonds. The van der Waals surface area contributed by atoms with Gasteiger partial charge in [0.15, 0.2) is 0 Å². The topological polar surface area (TPSA) is 109 Å². The van der Waals surface area contributed by atoms with E-state index in [-0.39, 0.29) is 6.42 Å². The van der Waals surface area contributed by atoms with E-state index in [0.717, 1.165) is 39.8 Å². The molecule has 0 spiro atoms. The summed E-state index contributed by atoms with van der Waals surface area (Å²) < 4.78 is 9.98. The molecule has 0 radical (unpaired) electrons. The highest BCUT2D eigenvalue weighted by atomic mass is 32.2. The highest BCUT2D eigenvalue weighted by Gasteiger charge is 2.33. The molecule has 3 rings (SSSR count). The normalized spacial score (nSPS) is 15.3. The van der Waals surface area contributed by atoms with Gasteiger partial charge >= 0.3 is 11.6 Å². The van der Waals surface area contributed by atoms with Gasteiger partial charge < -0.3 is 14.4 Å². The Labute approximate surface area is 171 Å². The minimum absolute atomic E-state index is 0.0673. The van der Waals surface area contributed by atoms with Crippen molar-refractivity contribution in [2.24, 2.45) is 0 Å². The van der Waals surface area contributed by atoms with Gasteiger partial charge in [0.05, 0.1) is 5.54 Å². The summed E-state index contributed by atoms with van der Waals surface area (Å²) in [7, 11) is 0. The third-order valence-corrected chi connectivity index (χ3v) is 5.58. The summed E-state index contributed by atoms with van der Waals surface area (Å²) in [5.74, 6) is -0.421. The van der Waals surface area contributed by atoms with Crippen LogP contribution in [0.5, 0.6) is 0 Å². The van der Waals surface area contributed by atoms with Crippen LogP contribution in [-0.4, -0.2) is 34.2 Å². The molecule has 156 valence electrons. The number of fused-ring (bicyclic) bond motifs is 2. The largest absolute Gasteiger partial charge is 0.481 e. The maximum absolute atomic E-state index is 11.9. The van der Waals surface area contributed by atoms with Gasteiger partial charge in [0.1, 0.15) is 5.58 Å². The lowest BCUT2D eigenvalue weighted by molar-refractivity contribution is -0.432. The van der Waals surface area contributed by atoms with Gasteiger partial charge in [-0.05, 0) is 44.4 Å². The average molecular weight is 421 g/mol. The third kappa shape index (κ3) is 4.64. The van der Waals surface area contributed by atoms with Gasteiger partial charge in [0.25, 0.3) is 0 Å². The van der Waals surface area contributed by atoms with Gasteiger partial charge in [-0.25, -0.2) is 10.1 Å². The molecule has 8 nitrogen and oxygen atoms in total. The van der Waals surface area contributed by atoms with E-state index in [1.807, 2.05) is 32.9 Å². The van der Waals surface area contributed by atoms with Crippen molar-refractivity contribution in [3.05, 3.63) is 45.8 Å².